The molecule has 170 valence electrons. The maximum Gasteiger partial charge on any atom is 0.351 e. The van der Waals surface area contributed by atoms with E-state index in [1.807, 2.05) is 31.2 Å². The van der Waals surface area contributed by atoms with E-state index < -0.39 is 0 Å². The summed E-state index contributed by atoms with van der Waals surface area (Å²) in [4.78, 5) is 32.9. The number of aromatic nitrogens is 3. The highest BCUT2D eigenvalue weighted by molar-refractivity contribution is 5.94. The Hall–Kier alpha value is -3.36. The van der Waals surface area contributed by atoms with Crippen LogP contribution in [-0.2, 0) is 22.4 Å². The molecule has 2 aromatic heterocycles. The molecule has 0 N–H and O–H groups in total. The van der Waals surface area contributed by atoms with E-state index in [-0.39, 0.29) is 30.1 Å². The number of benzene rings is 1. The van der Waals surface area contributed by atoms with Crippen LogP contribution in [0.2, 0.25) is 0 Å². The molecule has 5 rings (SSSR count). The summed E-state index contributed by atoms with van der Waals surface area (Å²) in [6.07, 6.45) is 2.73. The van der Waals surface area contributed by atoms with E-state index >= 15 is 0 Å². The minimum atomic E-state index is -0.321. The summed E-state index contributed by atoms with van der Waals surface area (Å²) in [7, 11) is 0. The summed E-state index contributed by atoms with van der Waals surface area (Å²) >= 11 is 0. The largest absolute Gasteiger partial charge is 0.475 e. The topological polar surface area (TPSA) is 92.5 Å². The van der Waals surface area contributed by atoms with Gasteiger partial charge >= 0.3 is 5.69 Å². The van der Waals surface area contributed by atoms with E-state index in [1.165, 1.54) is 0 Å². The Morgan fingerprint density at radius 1 is 1.18 bits per heavy atom. The fourth-order valence-electron chi connectivity index (χ4n) is 4.18. The van der Waals surface area contributed by atoms with Crippen molar-refractivity contribution in [3.8, 4) is 28.3 Å². The summed E-state index contributed by atoms with van der Waals surface area (Å²) < 4.78 is 18.4. The van der Waals surface area contributed by atoms with Crippen LogP contribution >= 0.6 is 0 Å². The molecule has 1 unspecified atom stereocenters. The number of hydrogen-bond acceptors (Lipinski definition) is 7. The van der Waals surface area contributed by atoms with E-state index in [1.54, 1.807) is 16.8 Å². The molecule has 0 amide bonds. The van der Waals surface area contributed by atoms with Crippen molar-refractivity contribution in [2.45, 2.75) is 32.4 Å². The van der Waals surface area contributed by atoms with Crippen LogP contribution in [0.15, 0.2) is 47.4 Å². The van der Waals surface area contributed by atoms with Gasteiger partial charge in [0, 0.05) is 36.4 Å². The standard InChI is InChI=1S/C25H25N3O5/c1-2-23(29)21-6-4-18(13-26-21)16-3-5-20-17(11-16)7-8-28-22(20)12-24(27-25(28)30)33-15-19-14-31-9-10-32-19/h3-6,11-13,19H,2,7-10,14-15H2,1H3. The van der Waals surface area contributed by atoms with Gasteiger partial charge in [-0.1, -0.05) is 31.2 Å². The quantitative estimate of drug-likeness (QED) is 0.537. The predicted molar refractivity (Wildman–Crippen MR) is 122 cm³/mol. The minimum absolute atomic E-state index is 0.0308. The molecule has 1 atom stereocenters. The van der Waals surface area contributed by atoms with Gasteiger partial charge in [-0.25, -0.2) is 4.79 Å². The van der Waals surface area contributed by atoms with Crippen molar-refractivity contribution < 1.29 is 19.0 Å². The smallest absolute Gasteiger partial charge is 0.351 e. The first-order chi connectivity index (χ1) is 16.1. The lowest BCUT2D eigenvalue weighted by Gasteiger charge is -2.24. The number of carbonyl (C=O) groups excluding carboxylic acids is 1. The third kappa shape index (κ3) is 4.44. The van der Waals surface area contributed by atoms with Gasteiger partial charge < -0.3 is 14.2 Å². The number of ether oxygens (including phenoxy) is 3. The molecule has 2 aliphatic rings. The Morgan fingerprint density at radius 3 is 2.82 bits per heavy atom. The second-order valence-corrected chi connectivity index (χ2v) is 8.12. The minimum Gasteiger partial charge on any atom is -0.475 e. The lowest BCUT2D eigenvalue weighted by molar-refractivity contribution is -0.102. The molecule has 0 aliphatic carbocycles. The van der Waals surface area contributed by atoms with Crippen molar-refractivity contribution >= 4 is 5.78 Å². The first-order valence-corrected chi connectivity index (χ1v) is 11.2. The Balaban J connectivity index is 1.41. The number of hydrogen-bond donors (Lipinski definition) is 0. The third-order valence-corrected chi connectivity index (χ3v) is 5.98. The van der Waals surface area contributed by atoms with Crippen molar-refractivity contribution in [2.24, 2.45) is 0 Å². The first-order valence-electron chi connectivity index (χ1n) is 11.2. The molecule has 8 heteroatoms. The lowest BCUT2D eigenvalue weighted by atomic mass is 9.93. The molecule has 4 heterocycles. The second-order valence-electron chi connectivity index (χ2n) is 8.12. The van der Waals surface area contributed by atoms with Crippen LogP contribution in [0.5, 0.6) is 5.88 Å². The Labute approximate surface area is 191 Å². The average Bonchev–Trinajstić information content (AvgIpc) is 2.87. The number of fused-ring (bicyclic) bond motifs is 3. The highest BCUT2D eigenvalue weighted by Crippen LogP contribution is 2.33. The van der Waals surface area contributed by atoms with E-state index in [9.17, 15) is 9.59 Å². The molecule has 0 radical (unpaired) electrons. The molecule has 0 spiro atoms. The van der Waals surface area contributed by atoms with Crippen molar-refractivity contribution in [2.75, 3.05) is 26.4 Å². The number of rotatable bonds is 6. The van der Waals surface area contributed by atoms with Gasteiger partial charge in [-0.2, -0.15) is 4.98 Å². The first kappa shape index (κ1) is 21.5. The van der Waals surface area contributed by atoms with Crippen LogP contribution in [0.25, 0.3) is 22.4 Å². The zero-order valence-corrected chi connectivity index (χ0v) is 18.5. The molecule has 1 aromatic carbocycles. The van der Waals surface area contributed by atoms with Gasteiger partial charge in [-0.15, -0.1) is 0 Å². The molecule has 3 aromatic rings. The highest BCUT2D eigenvalue weighted by atomic mass is 16.6. The highest BCUT2D eigenvalue weighted by Gasteiger charge is 2.21. The second kappa shape index (κ2) is 9.25. The fourth-order valence-corrected chi connectivity index (χ4v) is 4.18. The van der Waals surface area contributed by atoms with Gasteiger partial charge in [0.25, 0.3) is 0 Å². The molecule has 1 fully saturated rings. The van der Waals surface area contributed by atoms with Crippen LogP contribution in [0.4, 0.5) is 0 Å². The van der Waals surface area contributed by atoms with Gasteiger partial charge in [0.05, 0.1) is 25.5 Å². The fraction of sp³-hybridized carbons (Fsp3) is 0.360. The summed E-state index contributed by atoms with van der Waals surface area (Å²) in [5, 5.41) is 0. The number of carbonyl (C=O) groups is 1. The molecule has 0 saturated carbocycles. The zero-order valence-electron chi connectivity index (χ0n) is 18.5. The zero-order chi connectivity index (χ0) is 22.8. The number of ketones is 1. The summed E-state index contributed by atoms with van der Waals surface area (Å²) in [6, 6.07) is 11.6. The Morgan fingerprint density at radius 2 is 2.06 bits per heavy atom. The number of nitrogens with zero attached hydrogens (tertiary/aromatic N) is 3. The van der Waals surface area contributed by atoms with E-state index in [0.29, 0.717) is 38.5 Å². The van der Waals surface area contributed by atoms with Crippen LogP contribution in [0, 0.1) is 0 Å². The lowest BCUT2D eigenvalue weighted by Crippen LogP contribution is -2.34. The molecule has 0 bridgehead atoms. The summed E-state index contributed by atoms with van der Waals surface area (Å²) in [5.41, 5.74) is 5.05. The molecule has 33 heavy (non-hydrogen) atoms. The van der Waals surface area contributed by atoms with Crippen LogP contribution < -0.4 is 10.4 Å². The van der Waals surface area contributed by atoms with Crippen molar-refractivity contribution in [1.82, 2.24) is 14.5 Å². The van der Waals surface area contributed by atoms with Gasteiger partial charge in [-0.3, -0.25) is 14.3 Å². The third-order valence-electron chi connectivity index (χ3n) is 5.98. The summed E-state index contributed by atoms with van der Waals surface area (Å²) in [5.74, 6) is 0.320. The molecular weight excluding hydrogens is 422 g/mol. The van der Waals surface area contributed by atoms with Crippen LogP contribution in [0.3, 0.4) is 0 Å². The van der Waals surface area contributed by atoms with Crippen LogP contribution in [0.1, 0.15) is 29.4 Å². The molecular formula is C25H25N3O5. The van der Waals surface area contributed by atoms with Gasteiger partial charge in [0.2, 0.25) is 5.88 Å². The van der Waals surface area contributed by atoms with E-state index in [0.717, 1.165) is 34.4 Å². The molecule has 1 saturated heterocycles. The monoisotopic (exact) mass is 447 g/mol. The molecule has 8 nitrogen and oxygen atoms in total. The SMILES string of the molecule is CCC(=O)c1ccc(-c2ccc3c(c2)CCn2c-3cc(OCC3COCCO3)nc2=O)cn1. The van der Waals surface area contributed by atoms with Crippen LogP contribution in [-0.4, -0.2) is 52.8 Å². The van der Waals surface area contributed by atoms with Crippen molar-refractivity contribution in [3.05, 3.63) is 64.3 Å². The van der Waals surface area contributed by atoms with Crippen molar-refractivity contribution in [1.29, 1.82) is 0 Å². The van der Waals surface area contributed by atoms with E-state index in [4.69, 9.17) is 14.2 Å². The Bertz CT molecular complexity index is 1230. The number of Topliss-reactive ketones (excluding diaryl/α,β-unsaturated/α-hetero) is 1. The van der Waals surface area contributed by atoms with Gasteiger partial charge in [0.15, 0.2) is 5.78 Å². The average molecular weight is 447 g/mol. The normalized spacial score (nSPS) is 17.2. The van der Waals surface area contributed by atoms with Gasteiger partial charge in [-0.05, 0) is 23.6 Å². The number of aryl methyl sites for hydroxylation is 1. The summed E-state index contributed by atoms with van der Waals surface area (Å²) in [6.45, 7) is 4.26. The van der Waals surface area contributed by atoms with Gasteiger partial charge in [0.1, 0.15) is 18.4 Å². The Kier molecular flexibility index (Phi) is 6.02. The maximum absolute atomic E-state index is 12.6. The van der Waals surface area contributed by atoms with E-state index in [2.05, 4.69) is 16.0 Å². The maximum atomic E-state index is 12.6. The molecule has 2 aliphatic heterocycles. The van der Waals surface area contributed by atoms with Crippen molar-refractivity contribution in [3.63, 3.8) is 0 Å². The predicted octanol–water partition coefficient (Wildman–Crippen LogP) is 2.92. The number of pyridine rings is 1.